The second-order valence-electron chi connectivity index (χ2n) is 4.16. The van der Waals surface area contributed by atoms with Crippen molar-refractivity contribution in [3.63, 3.8) is 0 Å². The lowest BCUT2D eigenvalue weighted by Crippen LogP contribution is -2.50. The number of amides is 2. The van der Waals surface area contributed by atoms with Crippen molar-refractivity contribution in [1.82, 2.24) is 10.2 Å². The van der Waals surface area contributed by atoms with E-state index >= 15 is 0 Å². The predicted molar refractivity (Wildman–Crippen MR) is 63.1 cm³/mol. The Labute approximate surface area is 95.4 Å². The molecule has 1 unspecified atom stereocenters. The van der Waals surface area contributed by atoms with Gasteiger partial charge in [0.25, 0.3) is 0 Å². The van der Waals surface area contributed by atoms with Gasteiger partial charge in [-0.15, -0.1) is 0 Å². The number of piperazine rings is 1. The molecule has 86 valence electrons. The highest BCUT2D eigenvalue weighted by molar-refractivity contribution is 5.72. The summed E-state index contributed by atoms with van der Waals surface area (Å²) in [4.78, 5) is 13.0. The van der Waals surface area contributed by atoms with E-state index in [4.69, 9.17) is 5.73 Å². The van der Waals surface area contributed by atoms with Gasteiger partial charge in [0, 0.05) is 19.6 Å². The van der Waals surface area contributed by atoms with Crippen LogP contribution in [0.5, 0.6) is 0 Å². The van der Waals surface area contributed by atoms with Crippen molar-refractivity contribution >= 4 is 6.03 Å². The molecule has 2 rings (SSSR count). The van der Waals surface area contributed by atoms with E-state index in [9.17, 15) is 4.79 Å². The van der Waals surface area contributed by atoms with Gasteiger partial charge >= 0.3 is 6.03 Å². The molecular weight excluding hydrogens is 202 g/mol. The fourth-order valence-corrected chi connectivity index (χ4v) is 2.05. The van der Waals surface area contributed by atoms with Gasteiger partial charge in [-0.1, -0.05) is 29.8 Å². The van der Waals surface area contributed by atoms with Crippen LogP contribution in [0.2, 0.25) is 0 Å². The maximum atomic E-state index is 11.3. The molecule has 0 saturated carbocycles. The van der Waals surface area contributed by atoms with Crippen molar-refractivity contribution in [2.24, 2.45) is 5.73 Å². The first-order chi connectivity index (χ1) is 7.68. The van der Waals surface area contributed by atoms with Gasteiger partial charge in [-0.3, -0.25) is 0 Å². The van der Waals surface area contributed by atoms with Crippen LogP contribution in [0.3, 0.4) is 0 Å². The third-order valence-corrected chi connectivity index (χ3v) is 2.99. The minimum absolute atomic E-state index is 0.0619. The number of carbonyl (C=O) groups excluding carboxylic acids is 1. The third kappa shape index (κ3) is 2.17. The molecule has 16 heavy (non-hydrogen) atoms. The number of aryl methyl sites for hydroxylation is 1. The summed E-state index contributed by atoms with van der Waals surface area (Å²) >= 11 is 0. The molecule has 1 fully saturated rings. The number of nitrogens with one attached hydrogen (secondary N) is 1. The average molecular weight is 219 g/mol. The summed E-state index contributed by atoms with van der Waals surface area (Å²) in [6, 6.07) is 7.96. The van der Waals surface area contributed by atoms with Gasteiger partial charge in [-0.25, -0.2) is 4.79 Å². The Morgan fingerprint density at radius 1 is 1.44 bits per heavy atom. The van der Waals surface area contributed by atoms with Crippen molar-refractivity contribution in [3.05, 3.63) is 35.4 Å². The van der Waals surface area contributed by atoms with Gasteiger partial charge in [0.2, 0.25) is 0 Å². The lowest BCUT2D eigenvalue weighted by molar-refractivity contribution is 0.167. The fraction of sp³-hybridized carbons (Fsp3) is 0.417. The Balaban J connectivity index is 2.23. The largest absolute Gasteiger partial charge is 0.351 e. The van der Waals surface area contributed by atoms with Crippen LogP contribution in [0, 0.1) is 6.92 Å². The quantitative estimate of drug-likeness (QED) is 0.741. The molecular formula is C12H17N3O. The first-order valence-corrected chi connectivity index (χ1v) is 5.52. The molecule has 1 saturated heterocycles. The fourth-order valence-electron chi connectivity index (χ4n) is 2.05. The molecule has 3 N–H and O–H groups in total. The molecule has 0 spiro atoms. The highest BCUT2D eigenvalue weighted by Crippen LogP contribution is 2.22. The van der Waals surface area contributed by atoms with E-state index in [1.54, 1.807) is 4.90 Å². The van der Waals surface area contributed by atoms with Crippen LogP contribution in [-0.4, -0.2) is 30.6 Å². The molecule has 0 aromatic heterocycles. The smallest absolute Gasteiger partial charge is 0.315 e. The van der Waals surface area contributed by atoms with E-state index in [0.717, 1.165) is 18.7 Å². The van der Waals surface area contributed by atoms with Crippen molar-refractivity contribution in [1.29, 1.82) is 0 Å². The van der Waals surface area contributed by atoms with E-state index < -0.39 is 0 Å². The number of primary amides is 1. The van der Waals surface area contributed by atoms with E-state index in [1.165, 1.54) is 5.56 Å². The highest BCUT2D eigenvalue weighted by atomic mass is 16.2. The second-order valence-corrected chi connectivity index (χ2v) is 4.16. The zero-order valence-corrected chi connectivity index (χ0v) is 9.44. The molecule has 0 bridgehead atoms. The number of benzene rings is 1. The van der Waals surface area contributed by atoms with Crippen LogP contribution in [0.25, 0.3) is 0 Å². The Morgan fingerprint density at radius 3 is 2.75 bits per heavy atom. The summed E-state index contributed by atoms with van der Waals surface area (Å²) in [5.41, 5.74) is 7.74. The maximum Gasteiger partial charge on any atom is 0.315 e. The minimum Gasteiger partial charge on any atom is -0.351 e. The number of hydrogen-bond acceptors (Lipinski definition) is 2. The Morgan fingerprint density at radius 2 is 2.12 bits per heavy atom. The summed E-state index contributed by atoms with van der Waals surface area (Å²) in [5, 5.41) is 3.28. The topological polar surface area (TPSA) is 58.4 Å². The molecule has 0 aliphatic carbocycles. The Hall–Kier alpha value is -1.55. The molecule has 0 radical (unpaired) electrons. The number of nitrogens with zero attached hydrogens (tertiary/aromatic N) is 1. The van der Waals surface area contributed by atoms with Crippen molar-refractivity contribution in [2.45, 2.75) is 13.0 Å². The molecule has 1 aliphatic heterocycles. The minimum atomic E-state index is -0.341. The predicted octanol–water partition coefficient (Wildman–Crippen LogP) is 1.02. The van der Waals surface area contributed by atoms with E-state index in [2.05, 4.69) is 36.5 Å². The zero-order valence-electron chi connectivity index (χ0n) is 9.44. The van der Waals surface area contributed by atoms with Gasteiger partial charge in [0.1, 0.15) is 0 Å². The summed E-state index contributed by atoms with van der Waals surface area (Å²) in [5.74, 6) is 0. The van der Waals surface area contributed by atoms with Crippen molar-refractivity contribution in [2.75, 3.05) is 19.6 Å². The highest BCUT2D eigenvalue weighted by Gasteiger charge is 2.25. The van der Waals surface area contributed by atoms with Crippen LogP contribution < -0.4 is 11.1 Å². The summed E-state index contributed by atoms with van der Waals surface area (Å²) < 4.78 is 0. The lowest BCUT2D eigenvalue weighted by Gasteiger charge is -2.35. The second kappa shape index (κ2) is 4.53. The molecule has 1 atom stereocenters. The van der Waals surface area contributed by atoms with Crippen LogP contribution in [0.4, 0.5) is 4.79 Å². The number of carbonyl (C=O) groups is 1. The third-order valence-electron chi connectivity index (χ3n) is 2.99. The lowest BCUT2D eigenvalue weighted by atomic mass is 10.0. The van der Waals surface area contributed by atoms with Gasteiger partial charge in [-0.05, 0) is 12.5 Å². The molecule has 4 nitrogen and oxygen atoms in total. The normalized spacial score (nSPS) is 20.8. The molecule has 2 amide bonds. The van der Waals surface area contributed by atoms with Crippen LogP contribution in [0.1, 0.15) is 17.2 Å². The van der Waals surface area contributed by atoms with Gasteiger partial charge < -0.3 is 16.0 Å². The van der Waals surface area contributed by atoms with Crippen molar-refractivity contribution < 1.29 is 4.79 Å². The molecule has 1 aromatic carbocycles. The molecule has 1 heterocycles. The van der Waals surface area contributed by atoms with E-state index in [-0.39, 0.29) is 12.1 Å². The number of nitrogens with two attached hydrogens (primary N) is 1. The number of urea groups is 1. The molecule has 1 aromatic rings. The number of hydrogen-bond donors (Lipinski definition) is 2. The summed E-state index contributed by atoms with van der Waals surface area (Å²) in [6.45, 7) is 4.31. The molecule has 1 aliphatic rings. The average Bonchev–Trinajstić information content (AvgIpc) is 2.30. The van der Waals surface area contributed by atoms with Crippen LogP contribution in [-0.2, 0) is 0 Å². The standard InChI is InChI=1S/C12H17N3O/c1-9-2-4-10(5-3-9)11-8-14-6-7-15(11)12(13)16/h2-5,11,14H,6-8H2,1H3,(H2,13,16). The molecule has 4 heteroatoms. The number of rotatable bonds is 1. The summed E-state index contributed by atoms with van der Waals surface area (Å²) in [6.07, 6.45) is 0. The van der Waals surface area contributed by atoms with E-state index in [1.807, 2.05) is 0 Å². The Kier molecular flexibility index (Phi) is 3.10. The van der Waals surface area contributed by atoms with Gasteiger partial charge in [0.05, 0.1) is 6.04 Å². The first-order valence-electron chi connectivity index (χ1n) is 5.52. The SMILES string of the molecule is Cc1ccc(C2CNCCN2C(N)=O)cc1. The van der Waals surface area contributed by atoms with Crippen LogP contribution >= 0.6 is 0 Å². The monoisotopic (exact) mass is 219 g/mol. The Bertz CT molecular complexity index is 374. The van der Waals surface area contributed by atoms with E-state index in [0.29, 0.717) is 6.54 Å². The first kappa shape index (κ1) is 11.0. The maximum absolute atomic E-state index is 11.3. The summed E-state index contributed by atoms with van der Waals surface area (Å²) in [7, 11) is 0. The van der Waals surface area contributed by atoms with Gasteiger partial charge in [-0.2, -0.15) is 0 Å². The zero-order chi connectivity index (χ0) is 11.5. The van der Waals surface area contributed by atoms with Crippen LogP contribution in [0.15, 0.2) is 24.3 Å². The van der Waals surface area contributed by atoms with Crippen molar-refractivity contribution in [3.8, 4) is 0 Å². The van der Waals surface area contributed by atoms with Gasteiger partial charge in [0.15, 0.2) is 0 Å².